The van der Waals surface area contributed by atoms with Gasteiger partial charge in [-0.25, -0.2) is 4.98 Å². The van der Waals surface area contributed by atoms with Crippen LogP contribution in [0, 0.1) is 0 Å². The third kappa shape index (κ3) is 2.47. The third-order valence-corrected chi connectivity index (χ3v) is 3.19. The van der Waals surface area contributed by atoms with Crippen LogP contribution >= 0.6 is 0 Å². The summed E-state index contributed by atoms with van der Waals surface area (Å²) in [6, 6.07) is 3.03. The van der Waals surface area contributed by atoms with Gasteiger partial charge in [0.05, 0.1) is 6.54 Å². The molecule has 22 heavy (non-hydrogen) atoms. The lowest BCUT2D eigenvalue weighted by atomic mass is 10.4. The molecule has 0 saturated carbocycles. The zero-order valence-corrected chi connectivity index (χ0v) is 11.8. The highest BCUT2D eigenvalue weighted by atomic mass is 19.4. The van der Waals surface area contributed by atoms with Crippen molar-refractivity contribution >= 4 is 11.5 Å². The predicted molar refractivity (Wildman–Crippen MR) is 71.1 cm³/mol. The number of hydrogen-bond acceptors (Lipinski definition) is 5. The molecule has 3 heterocycles. The quantitative estimate of drug-likeness (QED) is 0.734. The smallest absolute Gasteiger partial charge is 0.351 e. The SMILES string of the molecule is CN(Cc1nccn1C)c1ccc2nnc(C(F)(F)F)n2n1. The number of halogens is 3. The Bertz CT molecular complexity index is 805. The molecule has 0 aliphatic rings. The summed E-state index contributed by atoms with van der Waals surface area (Å²) in [6.45, 7) is 0.408. The summed E-state index contributed by atoms with van der Waals surface area (Å²) in [5, 5.41) is 10.6. The Morgan fingerprint density at radius 1 is 1.23 bits per heavy atom. The van der Waals surface area contributed by atoms with Crippen LogP contribution in [0.4, 0.5) is 19.0 Å². The summed E-state index contributed by atoms with van der Waals surface area (Å²) >= 11 is 0. The Morgan fingerprint density at radius 2 is 2.00 bits per heavy atom. The van der Waals surface area contributed by atoms with E-state index in [0.717, 1.165) is 5.82 Å². The molecule has 0 radical (unpaired) electrons. The molecule has 0 bridgehead atoms. The first kappa shape index (κ1) is 14.3. The fourth-order valence-electron chi connectivity index (χ4n) is 2.00. The molecule has 0 spiro atoms. The van der Waals surface area contributed by atoms with E-state index in [4.69, 9.17) is 0 Å². The largest absolute Gasteiger partial charge is 0.453 e. The van der Waals surface area contributed by atoms with Gasteiger partial charge in [0.1, 0.15) is 11.6 Å². The molecule has 0 fully saturated rings. The maximum Gasteiger partial charge on any atom is 0.453 e. The number of imidazole rings is 1. The molecule has 0 aliphatic carbocycles. The fourth-order valence-corrected chi connectivity index (χ4v) is 2.00. The minimum atomic E-state index is -4.61. The van der Waals surface area contributed by atoms with Gasteiger partial charge in [-0.2, -0.15) is 17.7 Å². The van der Waals surface area contributed by atoms with E-state index in [-0.39, 0.29) is 5.65 Å². The number of anilines is 1. The lowest BCUT2D eigenvalue weighted by Gasteiger charge is -2.17. The van der Waals surface area contributed by atoms with Crippen LogP contribution in [0.3, 0.4) is 0 Å². The van der Waals surface area contributed by atoms with E-state index in [1.165, 1.54) is 6.07 Å². The monoisotopic (exact) mass is 311 g/mol. The first-order chi connectivity index (χ1) is 10.4. The Hall–Kier alpha value is -2.65. The van der Waals surface area contributed by atoms with Crippen molar-refractivity contribution in [2.45, 2.75) is 12.7 Å². The summed E-state index contributed by atoms with van der Waals surface area (Å²) in [4.78, 5) is 5.87. The van der Waals surface area contributed by atoms with Crippen molar-refractivity contribution in [2.75, 3.05) is 11.9 Å². The average Bonchev–Trinajstić information content (AvgIpc) is 3.04. The van der Waals surface area contributed by atoms with Crippen LogP contribution in [0.25, 0.3) is 5.65 Å². The van der Waals surface area contributed by atoms with Gasteiger partial charge in [0.2, 0.25) is 0 Å². The molecule has 0 atom stereocenters. The van der Waals surface area contributed by atoms with E-state index < -0.39 is 12.0 Å². The van der Waals surface area contributed by atoms with Crippen LogP contribution in [0.15, 0.2) is 24.5 Å². The zero-order chi connectivity index (χ0) is 15.9. The number of nitrogens with zero attached hydrogens (tertiary/aromatic N) is 7. The van der Waals surface area contributed by atoms with Crippen molar-refractivity contribution in [3.63, 3.8) is 0 Å². The van der Waals surface area contributed by atoms with Gasteiger partial charge in [-0.05, 0) is 12.1 Å². The number of aryl methyl sites for hydroxylation is 1. The number of aromatic nitrogens is 6. The van der Waals surface area contributed by atoms with E-state index in [1.807, 2.05) is 11.6 Å². The molecule has 3 aromatic heterocycles. The highest BCUT2D eigenvalue weighted by Crippen LogP contribution is 2.27. The van der Waals surface area contributed by atoms with E-state index in [2.05, 4.69) is 20.3 Å². The average molecular weight is 311 g/mol. The molecule has 0 unspecified atom stereocenters. The molecule has 0 saturated heterocycles. The van der Waals surface area contributed by atoms with Crippen LogP contribution in [-0.4, -0.2) is 36.4 Å². The van der Waals surface area contributed by atoms with Crippen molar-refractivity contribution in [1.29, 1.82) is 0 Å². The standard InChI is InChI=1S/C12H12F3N7/c1-20-6-5-16-10(20)7-21(2)9-4-3-8-17-18-11(12(13,14)15)22(8)19-9/h3-6H,7H2,1-2H3. The summed E-state index contributed by atoms with van der Waals surface area (Å²) in [6.07, 6.45) is -1.16. The lowest BCUT2D eigenvalue weighted by Crippen LogP contribution is -2.21. The molecule has 10 heteroatoms. The van der Waals surface area contributed by atoms with Crippen LogP contribution in [0.2, 0.25) is 0 Å². The van der Waals surface area contributed by atoms with Crippen molar-refractivity contribution < 1.29 is 13.2 Å². The Labute approximate surface area is 123 Å². The molecular formula is C12H12F3N7. The first-order valence-corrected chi connectivity index (χ1v) is 6.33. The maximum atomic E-state index is 12.9. The normalized spacial score (nSPS) is 12.0. The molecule has 116 valence electrons. The highest BCUT2D eigenvalue weighted by molar-refractivity contribution is 5.45. The minimum Gasteiger partial charge on any atom is -0.351 e. The van der Waals surface area contributed by atoms with Gasteiger partial charge in [-0.15, -0.1) is 15.3 Å². The van der Waals surface area contributed by atoms with Crippen LogP contribution in [0.1, 0.15) is 11.6 Å². The molecular weight excluding hydrogens is 299 g/mol. The van der Waals surface area contributed by atoms with Gasteiger partial charge in [0.15, 0.2) is 5.65 Å². The topological polar surface area (TPSA) is 64.1 Å². The van der Waals surface area contributed by atoms with E-state index in [0.29, 0.717) is 16.9 Å². The summed E-state index contributed by atoms with van der Waals surface area (Å²) in [7, 11) is 3.56. The van der Waals surface area contributed by atoms with Gasteiger partial charge in [-0.3, -0.25) is 0 Å². The van der Waals surface area contributed by atoms with Gasteiger partial charge in [0, 0.05) is 26.5 Å². The zero-order valence-electron chi connectivity index (χ0n) is 11.8. The predicted octanol–water partition coefficient (Wildman–Crippen LogP) is 1.51. The van der Waals surface area contributed by atoms with Crippen LogP contribution in [0.5, 0.6) is 0 Å². The van der Waals surface area contributed by atoms with E-state index in [1.54, 1.807) is 30.4 Å². The molecule has 0 amide bonds. The number of hydrogen-bond donors (Lipinski definition) is 0. The second-order valence-electron chi connectivity index (χ2n) is 4.79. The minimum absolute atomic E-state index is 0.0430. The summed E-state index contributed by atoms with van der Waals surface area (Å²) < 4.78 is 41.1. The van der Waals surface area contributed by atoms with Crippen molar-refractivity contribution in [3.05, 3.63) is 36.2 Å². The van der Waals surface area contributed by atoms with Gasteiger partial charge >= 0.3 is 6.18 Å². The summed E-state index contributed by atoms with van der Waals surface area (Å²) in [5.41, 5.74) is 0.0430. The number of fused-ring (bicyclic) bond motifs is 1. The Kier molecular flexibility index (Phi) is 3.23. The summed E-state index contributed by atoms with van der Waals surface area (Å²) in [5.74, 6) is -0.0141. The van der Waals surface area contributed by atoms with Gasteiger partial charge in [0.25, 0.3) is 5.82 Å². The fraction of sp³-hybridized carbons (Fsp3) is 0.333. The first-order valence-electron chi connectivity index (χ1n) is 6.33. The van der Waals surface area contributed by atoms with Crippen LogP contribution in [-0.2, 0) is 19.8 Å². The van der Waals surface area contributed by atoms with Crippen molar-refractivity contribution in [3.8, 4) is 0 Å². The van der Waals surface area contributed by atoms with Crippen molar-refractivity contribution in [2.24, 2.45) is 7.05 Å². The maximum absolute atomic E-state index is 12.9. The van der Waals surface area contributed by atoms with Crippen molar-refractivity contribution in [1.82, 2.24) is 29.4 Å². The second-order valence-corrected chi connectivity index (χ2v) is 4.79. The second kappa shape index (κ2) is 4.97. The molecule has 3 rings (SSSR count). The Balaban J connectivity index is 1.95. The number of rotatable bonds is 3. The number of alkyl halides is 3. The third-order valence-electron chi connectivity index (χ3n) is 3.19. The van der Waals surface area contributed by atoms with Crippen LogP contribution < -0.4 is 4.90 Å². The molecule has 3 aromatic rings. The van der Waals surface area contributed by atoms with E-state index in [9.17, 15) is 13.2 Å². The lowest BCUT2D eigenvalue weighted by molar-refractivity contribution is -0.146. The molecule has 7 nitrogen and oxygen atoms in total. The van der Waals surface area contributed by atoms with E-state index >= 15 is 0 Å². The van der Waals surface area contributed by atoms with Gasteiger partial charge in [-0.1, -0.05) is 0 Å². The highest BCUT2D eigenvalue weighted by Gasteiger charge is 2.37. The molecule has 0 aliphatic heterocycles. The molecule has 0 aromatic carbocycles. The van der Waals surface area contributed by atoms with Gasteiger partial charge < -0.3 is 9.47 Å². The Morgan fingerprint density at radius 3 is 2.64 bits per heavy atom. The molecule has 0 N–H and O–H groups in total.